The number of nitrogens with zero attached hydrogens (tertiary/aromatic N) is 2. The number of hydrogen-bond acceptors (Lipinski definition) is 6. The van der Waals surface area contributed by atoms with Crippen molar-refractivity contribution in [2.75, 3.05) is 18.6 Å². The highest BCUT2D eigenvalue weighted by atomic mass is 16.5. The monoisotopic (exact) mass is 458 g/mol. The number of ketones is 1. The highest BCUT2D eigenvalue weighted by Gasteiger charge is 2.48. The van der Waals surface area contributed by atoms with Gasteiger partial charge in [0.05, 0.1) is 30.7 Å². The molecule has 7 nitrogen and oxygen atoms in total. The Bertz CT molecular complexity index is 1240. The number of amides is 1. The number of anilines is 1. The van der Waals surface area contributed by atoms with Gasteiger partial charge in [-0.3, -0.25) is 19.5 Å². The third-order valence-corrected chi connectivity index (χ3v) is 5.45. The zero-order valence-electron chi connectivity index (χ0n) is 19.3. The summed E-state index contributed by atoms with van der Waals surface area (Å²) in [6, 6.07) is 18.1. The molecule has 2 heterocycles. The molecule has 0 aliphatic carbocycles. The highest BCUT2D eigenvalue weighted by Crippen LogP contribution is 2.44. The number of benzene rings is 2. The minimum atomic E-state index is -0.933. The maximum absolute atomic E-state index is 13.3. The van der Waals surface area contributed by atoms with Crippen molar-refractivity contribution in [1.82, 2.24) is 4.98 Å². The van der Waals surface area contributed by atoms with Gasteiger partial charge in [-0.05, 0) is 42.3 Å². The van der Waals surface area contributed by atoms with Crippen molar-refractivity contribution in [3.63, 3.8) is 0 Å². The Kier molecular flexibility index (Phi) is 6.63. The van der Waals surface area contributed by atoms with Gasteiger partial charge in [-0.15, -0.1) is 0 Å². The number of rotatable bonds is 7. The second-order valence-electron chi connectivity index (χ2n) is 8.33. The molecule has 0 radical (unpaired) electrons. The number of carbonyl (C=O) groups excluding carboxylic acids is 2. The van der Waals surface area contributed by atoms with Gasteiger partial charge < -0.3 is 14.6 Å². The van der Waals surface area contributed by atoms with Gasteiger partial charge in [0.1, 0.15) is 23.3 Å². The average Bonchev–Trinajstić information content (AvgIpc) is 3.13. The Morgan fingerprint density at radius 1 is 1.06 bits per heavy atom. The van der Waals surface area contributed by atoms with Crippen LogP contribution in [0.15, 0.2) is 78.5 Å². The Hall–Kier alpha value is -4.13. The normalized spacial score (nSPS) is 17.3. The van der Waals surface area contributed by atoms with Crippen LogP contribution in [0.4, 0.5) is 5.69 Å². The van der Waals surface area contributed by atoms with Crippen molar-refractivity contribution in [2.24, 2.45) is 5.92 Å². The molecule has 4 rings (SSSR count). The van der Waals surface area contributed by atoms with Crippen LogP contribution in [0, 0.1) is 5.92 Å². The van der Waals surface area contributed by atoms with Crippen LogP contribution in [0.3, 0.4) is 0 Å². The van der Waals surface area contributed by atoms with Crippen LogP contribution >= 0.6 is 0 Å². The Labute approximate surface area is 198 Å². The van der Waals surface area contributed by atoms with Crippen molar-refractivity contribution in [3.8, 4) is 11.5 Å². The van der Waals surface area contributed by atoms with Crippen LogP contribution in [0.5, 0.6) is 11.5 Å². The molecule has 34 heavy (non-hydrogen) atoms. The molecular formula is C27H26N2O5. The average molecular weight is 459 g/mol. The number of Topliss-reactive ketones (excluding diaryl/α,β-unsaturated/α-hetero) is 1. The van der Waals surface area contributed by atoms with Gasteiger partial charge in [-0.1, -0.05) is 44.2 Å². The molecular weight excluding hydrogens is 432 g/mol. The first-order chi connectivity index (χ1) is 16.4. The van der Waals surface area contributed by atoms with Gasteiger partial charge in [0, 0.05) is 11.8 Å². The third kappa shape index (κ3) is 4.37. The molecule has 1 aromatic heterocycles. The summed E-state index contributed by atoms with van der Waals surface area (Å²) in [5, 5.41) is 11.3. The van der Waals surface area contributed by atoms with Crippen LogP contribution in [-0.4, -0.2) is 35.5 Å². The standard InChI is InChI=1S/C27H26N2O5/c1-17(2)16-34-19-10-8-9-18(15-19)25(30)23-24(20-11-6-7-14-28-20)29(27(32)26(23)31)21-12-4-5-13-22(21)33-3/h4-15,17,24,30H,16H2,1-3H3/b25-23-. The zero-order chi connectivity index (χ0) is 24.2. The van der Waals surface area contributed by atoms with E-state index in [0.29, 0.717) is 41.0 Å². The van der Waals surface area contributed by atoms with Crippen molar-refractivity contribution < 1.29 is 24.2 Å². The molecule has 1 amide bonds. The van der Waals surface area contributed by atoms with Gasteiger partial charge in [-0.2, -0.15) is 0 Å². The minimum Gasteiger partial charge on any atom is -0.507 e. The molecule has 1 unspecified atom stereocenters. The number of carbonyl (C=O) groups is 2. The molecule has 0 spiro atoms. The lowest BCUT2D eigenvalue weighted by Gasteiger charge is -2.26. The summed E-state index contributed by atoms with van der Waals surface area (Å²) in [5.41, 5.74) is 1.19. The summed E-state index contributed by atoms with van der Waals surface area (Å²) in [6.07, 6.45) is 1.58. The van der Waals surface area contributed by atoms with E-state index in [1.807, 2.05) is 13.8 Å². The van der Waals surface area contributed by atoms with Crippen molar-refractivity contribution in [2.45, 2.75) is 19.9 Å². The van der Waals surface area contributed by atoms with E-state index in [9.17, 15) is 14.7 Å². The number of aliphatic hydroxyl groups excluding tert-OH is 1. The first-order valence-electron chi connectivity index (χ1n) is 11.0. The smallest absolute Gasteiger partial charge is 0.300 e. The largest absolute Gasteiger partial charge is 0.507 e. The number of ether oxygens (including phenoxy) is 2. The summed E-state index contributed by atoms with van der Waals surface area (Å²) in [5.74, 6) is -0.545. The molecule has 3 aromatic rings. The minimum absolute atomic E-state index is 0.0457. The highest BCUT2D eigenvalue weighted by molar-refractivity contribution is 6.51. The molecule has 1 aliphatic rings. The second kappa shape index (κ2) is 9.79. The summed E-state index contributed by atoms with van der Waals surface area (Å²) >= 11 is 0. The van der Waals surface area contributed by atoms with Gasteiger partial charge in [-0.25, -0.2) is 0 Å². The van der Waals surface area contributed by atoms with E-state index in [-0.39, 0.29) is 11.3 Å². The Morgan fingerprint density at radius 3 is 2.53 bits per heavy atom. The number of hydrogen-bond donors (Lipinski definition) is 1. The lowest BCUT2D eigenvalue weighted by molar-refractivity contribution is -0.132. The summed E-state index contributed by atoms with van der Waals surface area (Å²) < 4.78 is 11.2. The molecule has 1 fully saturated rings. The second-order valence-corrected chi connectivity index (χ2v) is 8.33. The number of para-hydroxylation sites is 2. The van der Waals surface area contributed by atoms with Crippen LogP contribution in [0.1, 0.15) is 31.1 Å². The van der Waals surface area contributed by atoms with E-state index in [0.717, 1.165) is 0 Å². The van der Waals surface area contributed by atoms with Gasteiger partial charge in [0.25, 0.3) is 11.7 Å². The summed E-state index contributed by atoms with van der Waals surface area (Å²) in [7, 11) is 1.49. The van der Waals surface area contributed by atoms with E-state index in [4.69, 9.17) is 9.47 Å². The van der Waals surface area contributed by atoms with Crippen LogP contribution < -0.4 is 14.4 Å². The number of pyridine rings is 1. The molecule has 7 heteroatoms. The van der Waals surface area contributed by atoms with E-state index in [1.54, 1.807) is 72.9 Å². The molecule has 174 valence electrons. The molecule has 1 aliphatic heterocycles. The SMILES string of the molecule is COc1ccccc1N1C(=O)C(=O)/C(=C(\O)c2cccc(OCC(C)C)c2)C1c1ccccn1. The van der Waals surface area contributed by atoms with Crippen LogP contribution in [0.2, 0.25) is 0 Å². The predicted octanol–water partition coefficient (Wildman–Crippen LogP) is 4.75. The van der Waals surface area contributed by atoms with Crippen molar-refractivity contribution >= 4 is 23.1 Å². The van der Waals surface area contributed by atoms with E-state index in [2.05, 4.69) is 4.98 Å². The third-order valence-electron chi connectivity index (χ3n) is 5.45. The fraction of sp³-hybridized carbons (Fsp3) is 0.222. The predicted molar refractivity (Wildman–Crippen MR) is 129 cm³/mol. The summed E-state index contributed by atoms with van der Waals surface area (Å²) in [6.45, 7) is 4.59. The fourth-order valence-corrected chi connectivity index (χ4v) is 3.88. The van der Waals surface area contributed by atoms with Crippen LogP contribution in [-0.2, 0) is 9.59 Å². The van der Waals surface area contributed by atoms with Crippen molar-refractivity contribution in [3.05, 3.63) is 89.8 Å². The van der Waals surface area contributed by atoms with E-state index >= 15 is 0 Å². The zero-order valence-corrected chi connectivity index (χ0v) is 19.3. The fourth-order valence-electron chi connectivity index (χ4n) is 3.88. The molecule has 0 bridgehead atoms. The first kappa shape index (κ1) is 23.0. The lowest BCUT2D eigenvalue weighted by atomic mass is 9.98. The quantitative estimate of drug-likeness (QED) is 0.312. The Morgan fingerprint density at radius 2 is 1.82 bits per heavy atom. The molecule has 0 saturated carbocycles. The summed E-state index contributed by atoms with van der Waals surface area (Å²) in [4.78, 5) is 32.3. The Balaban J connectivity index is 1.87. The van der Waals surface area contributed by atoms with E-state index in [1.165, 1.54) is 12.0 Å². The number of aromatic nitrogens is 1. The maximum atomic E-state index is 13.3. The lowest BCUT2D eigenvalue weighted by Crippen LogP contribution is -2.30. The first-order valence-corrected chi connectivity index (χ1v) is 11.0. The van der Waals surface area contributed by atoms with Gasteiger partial charge in [0.15, 0.2) is 0 Å². The van der Waals surface area contributed by atoms with Crippen LogP contribution in [0.25, 0.3) is 5.76 Å². The van der Waals surface area contributed by atoms with Gasteiger partial charge in [0.2, 0.25) is 0 Å². The molecule has 1 N–H and O–H groups in total. The molecule has 1 atom stereocenters. The maximum Gasteiger partial charge on any atom is 0.300 e. The van der Waals surface area contributed by atoms with Gasteiger partial charge >= 0.3 is 0 Å². The molecule has 1 saturated heterocycles. The topological polar surface area (TPSA) is 89.0 Å². The van der Waals surface area contributed by atoms with Crippen molar-refractivity contribution in [1.29, 1.82) is 0 Å². The van der Waals surface area contributed by atoms with E-state index < -0.39 is 17.7 Å². The number of methoxy groups -OCH3 is 1. The number of aliphatic hydroxyl groups is 1. The molecule has 2 aromatic carbocycles.